The van der Waals surface area contributed by atoms with Crippen molar-refractivity contribution in [3.63, 3.8) is 0 Å². The summed E-state index contributed by atoms with van der Waals surface area (Å²) in [7, 11) is 0. The number of carbonyl (C=O) groups excluding carboxylic acids is 1. The van der Waals surface area contributed by atoms with Crippen LogP contribution in [0.15, 0.2) is 18.2 Å². The molecule has 1 rings (SSSR count). The minimum absolute atomic E-state index is 0.294. The first-order valence-corrected chi connectivity index (χ1v) is 3.80. The van der Waals surface area contributed by atoms with Gasteiger partial charge in [-0.15, -0.1) is 0 Å². The van der Waals surface area contributed by atoms with E-state index in [9.17, 15) is 4.79 Å². The maximum atomic E-state index is 9.83. The van der Waals surface area contributed by atoms with Crippen molar-refractivity contribution in [2.75, 3.05) is 0 Å². The molecule has 1 atom stereocenters. The zero-order valence-corrected chi connectivity index (χ0v) is 7.39. The largest absolute Gasteiger partial charge is 0.452 e. The van der Waals surface area contributed by atoms with E-state index in [1.807, 2.05) is 0 Å². The SMILES string of the molecule is [2H]C(O[C]=O)c1ccc(Cl)cc1Cl. The van der Waals surface area contributed by atoms with E-state index in [4.69, 9.17) is 24.6 Å². The smallest absolute Gasteiger partial charge is 0.417 e. The van der Waals surface area contributed by atoms with Gasteiger partial charge < -0.3 is 4.74 Å². The van der Waals surface area contributed by atoms with Crippen LogP contribution in [0.4, 0.5) is 0 Å². The Morgan fingerprint density at radius 1 is 1.58 bits per heavy atom. The molecule has 1 aromatic rings. The number of ether oxygens (including phenoxy) is 1. The van der Waals surface area contributed by atoms with Crippen molar-refractivity contribution in [3.05, 3.63) is 33.8 Å². The molecule has 0 saturated carbocycles. The molecule has 0 aromatic heterocycles. The Kier molecular flexibility index (Phi) is 2.85. The van der Waals surface area contributed by atoms with Gasteiger partial charge in [0.25, 0.3) is 0 Å². The van der Waals surface area contributed by atoms with Gasteiger partial charge in [0.2, 0.25) is 0 Å². The minimum Gasteiger partial charge on any atom is -0.452 e. The van der Waals surface area contributed by atoms with Gasteiger partial charge in [0, 0.05) is 15.6 Å². The normalized spacial score (nSPS) is 13.3. The molecule has 0 aliphatic heterocycles. The van der Waals surface area contributed by atoms with Crippen molar-refractivity contribution in [1.82, 2.24) is 0 Å². The van der Waals surface area contributed by atoms with E-state index in [2.05, 4.69) is 4.74 Å². The molecule has 0 aliphatic rings. The lowest BCUT2D eigenvalue weighted by atomic mass is 10.2. The van der Waals surface area contributed by atoms with Crippen molar-refractivity contribution in [1.29, 1.82) is 0 Å². The summed E-state index contributed by atoms with van der Waals surface area (Å²) < 4.78 is 11.6. The van der Waals surface area contributed by atoms with Gasteiger partial charge in [-0.2, -0.15) is 0 Å². The number of rotatable bonds is 3. The third-order valence-corrected chi connectivity index (χ3v) is 1.76. The molecule has 0 aliphatic carbocycles. The zero-order valence-electron chi connectivity index (χ0n) is 6.88. The lowest BCUT2D eigenvalue weighted by molar-refractivity contribution is 0.267. The van der Waals surface area contributed by atoms with Gasteiger partial charge in [0.1, 0.15) is 6.58 Å². The second kappa shape index (κ2) is 4.33. The van der Waals surface area contributed by atoms with Crippen LogP contribution in [-0.4, -0.2) is 6.47 Å². The van der Waals surface area contributed by atoms with Crippen LogP contribution in [0.3, 0.4) is 0 Å². The fourth-order valence-electron chi connectivity index (χ4n) is 0.685. The number of hydrogen-bond acceptors (Lipinski definition) is 2. The van der Waals surface area contributed by atoms with E-state index in [1.165, 1.54) is 18.6 Å². The minimum atomic E-state index is -1.15. The number of hydrogen-bond donors (Lipinski definition) is 0. The first-order valence-electron chi connectivity index (χ1n) is 3.63. The molecule has 4 heteroatoms. The molecule has 0 fully saturated rings. The molecule has 0 N–H and O–H groups in total. The Labute approximate surface area is 81.4 Å². The summed E-state index contributed by atoms with van der Waals surface area (Å²) in [4.78, 5) is 9.83. The Morgan fingerprint density at radius 3 is 2.92 bits per heavy atom. The van der Waals surface area contributed by atoms with Crippen LogP contribution in [0.1, 0.15) is 6.93 Å². The molecule has 0 heterocycles. The highest BCUT2D eigenvalue weighted by atomic mass is 35.5. The van der Waals surface area contributed by atoms with Gasteiger partial charge in [0.15, 0.2) is 0 Å². The van der Waals surface area contributed by atoms with Gasteiger partial charge in [-0.05, 0) is 12.1 Å². The first-order chi connectivity index (χ1) is 6.15. The number of halogens is 2. The van der Waals surface area contributed by atoms with Crippen LogP contribution in [0, 0.1) is 0 Å². The van der Waals surface area contributed by atoms with Crippen molar-refractivity contribution in [2.24, 2.45) is 0 Å². The Morgan fingerprint density at radius 2 is 2.33 bits per heavy atom. The molecule has 0 amide bonds. The Hall–Kier alpha value is -0.730. The van der Waals surface area contributed by atoms with E-state index >= 15 is 0 Å². The second-order valence-electron chi connectivity index (χ2n) is 1.98. The number of benzene rings is 1. The van der Waals surface area contributed by atoms with E-state index in [1.54, 1.807) is 6.07 Å². The summed E-state index contributed by atoms with van der Waals surface area (Å²) in [6.45, 7) is 0.0280. The van der Waals surface area contributed by atoms with Gasteiger partial charge in [-0.3, -0.25) is 0 Å². The average Bonchev–Trinajstić information content (AvgIpc) is 2.04. The van der Waals surface area contributed by atoms with Crippen LogP contribution in [0.2, 0.25) is 10.0 Å². The van der Waals surface area contributed by atoms with Crippen molar-refractivity contribution in [2.45, 2.75) is 6.58 Å². The Balaban J connectivity index is 2.94. The highest BCUT2D eigenvalue weighted by Gasteiger charge is 2.00. The summed E-state index contributed by atoms with van der Waals surface area (Å²) >= 11 is 11.4. The first kappa shape index (κ1) is 7.90. The molecule has 1 aromatic carbocycles. The predicted octanol–water partition coefficient (Wildman–Crippen LogP) is 2.58. The highest BCUT2D eigenvalue weighted by molar-refractivity contribution is 6.35. The highest BCUT2D eigenvalue weighted by Crippen LogP contribution is 2.21. The maximum Gasteiger partial charge on any atom is 0.417 e. The summed E-state index contributed by atoms with van der Waals surface area (Å²) in [6, 6.07) is 4.58. The molecule has 1 radical (unpaired) electrons. The molecule has 0 saturated heterocycles. The Bertz CT molecular complexity index is 317. The summed E-state index contributed by atoms with van der Waals surface area (Å²) in [5.74, 6) is 0. The van der Waals surface area contributed by atoms with Crippen LogP contribution >= 0.6 is 23.2 Å². The monoisotopic (exact) mass is 204 g/mol. The average molecular weight is 205 g/mol. The second-order valence-corrected chi connectivity index (χ2v) is 2.83. The maximum absolute atomic E-state index is 9.83. The molecule has 2 nitrogen and oxygen atoms in total. The fraction of sp³-hybridized carbons (Fsp3) is 0.125. The summed E-state index contributed by atoms with van der Waals surface area (Å²) in [6.07, 6.45) is 0. The molecule has 63 valence electrons. The summed E-state index contributed by atoms with van der Waals surface area (Å²) in [5.41, 5.74) is 0.384. The topological polar surface area (TPSA) is 26.3 Å². The molecule has 1 unspecified atom stereocenters. The van der Waals surface area contributed by atoms with Gasteiger partial charge in [-0.1, -0.05) is 29.3 Å². The van der Waals surface area contributed by atoms with E-state index in [-0.39, 0.29) is 0 Å². The lowest BCUT2D eigenvalue weighted by Gasteiger charge is -2.01. The zero-order chi connectivity index (χ0) is 9.84. The molecule has 0 spiro atoms. The van der Waals surface area contributed by atoms with Gasteiger partial charge in [-0.25, -0.2) is 4.79 Å². The van der Waals surface area contributed by atoms with E-state index < -0.39 is 6.58 Å². The molecular formula is C8H5Cl2O2. The third-order valence-electron chi connectivity index (χ3n) is 1.20. The molecular weight excluding hydrogens is 199 g/mol. The third kappa shape index (κ3) is 2.40. The van der Waals surface area contributed by atoms with Crippen LogP contribution < -0.4 is 0 Å². The quantitative estimate of drug-likeness (QED) is 0.757. The van der Waals surface area contributed by atoms with E-state index in [0.717, 1.165) is 0 Å². The van der Waals surface area contributed by atoms with E-state index in [0.29, 0.717) is 15.6 Å². The molecule has 0 bridgehead atoms. The molecule has 12 heavy (non-hydrogen) atoms. The van der Waals surface area contributed by atoms with Gasteiger partial charge >= 0.3 is 6.47 Å². The predicted molar refractivity (Wildman–Crippen MR) is 46.9 cm³/mol. The van der Waals surface area contributed by atoms with Gasteiger partial charge in [0.05, 0.1) is 1.37 Å². The standard InChI is InChI=1S/C8H5Cl2O2/c9-7-2-1-6(4-12-5-11)8(10)3-7/h1-3H,4H2/i4D. The van der Waals surface area contributed by atoms with Crippen LogP contribution in [0.25, 0.3) is 0 Å². The van der Waals surface area contributed by atoms with Crippen LogP contribution in [0.5, 0.6) is 0 Å². The van der Waals surface area contributed by atoms with Crippen molar-refractivity contribution >= 4 is 29.7 Å². The van der Waals surface area contributed by atoms with Crippen molar-refractivity contribution in [3.8, 4) is 0 Å². The van der Waals surface area contributed by atoms with Crippen LogP contribution in [-0.2, 0) is 16.1 Å². The lowest BCUT2D eigenvalue weighted by Crippen LogP contribution is -1.90. The fourth-order valence-corrected chi connectivity index (χ4v) is 1.14. The summed E-state index contributed by atoms with van der Waals surface area (Å²) in [5, 5.41) is 0.763. The van der Waals surface area contributed by atoms with Crippen molar-refractivity contribution < 1.29 is 10.9 Å².